The molecular formula is C36H50N2O3S. The number of unbranched alkanes of at least 4 members (excludes halogenated alkanes) is 15. The molecule has 0 aliphatic carbocycles. The number of thiazole rings is 1. The predicted molar refractivity (Wildman–Crippen MR) is 177 cm³/mol. The van der Waals surface area contributed by atoms with E-state index in [1.54, 1.807) is 12.1 Å². The van der Waals surface area contributed by atoms with E-state index in [0.717, 1.165) is 24.1 Å². The highest BCUT2D eigenvalue weighted by Crippen LogP contribution is 2.25. The summed E-state index contributed by atoms with van der Waals surface area (Å²) in [5.41, 5.74) is 2.24. The maximum atomic E-state index is 12.9. The van der Waals surface area contributed by atoms with Crippen LogP contribution in [-0.2, 0) is 4.79 Å². The van der Waals surface area contributed by atoms with E-state index in [-0.39, 0.29) is 18.1 Å². The molecule has 228 valence electrons. The van der Waals surface area contributed by atoms with Gasteiger partial charge in [0.2, 0.25) is 5.91 Å². The summed E-state index contributed by atoms with van der Waals surface area (Å²) in [6, 6.07) is 17.0. The van der Waals surface area contributed by atoms with Gasteiger partial charge >= 0.3 is 0 Å². The number of anilines is 1. The van der Waals surface area contributed by atoms with E-state index in [4.69, 9.17) is 4.74 Å². The van der Waals surface area contributed by atoms with Crippen LogP contribution in [0.25, 0.3) is 11.3 Å². The van der Waals surface area contributed by atoms with Crippen LogP contribution in [0.15, 0.2) is 60.0 Å². The van der Waals surface area contributed by atoms with E-state index in [2.05, 4.69) is 17.2 Å². The van der Waals surface area contributed by atoms with Gasteiger partial charge in [0, 0.05) is 10.9 Å². The van der Waals surface area contributed by atoms with Crippen LogP contribution in [0, 0.1) is 0 Å². The molecule has 0 saturated heterocycles. The van der Waals surface area contributed by atoms with Gasteiger partial charge in [0.05, 0.1) is 24.3 Å². The third-order valence-electron chi connectivity index (χ3n) is 7.58. The molecule has 0 saturated carbocycles. The van der Waals surface area contributed by atoms with Crippen molar-refractivity contribution in [2.45, 2.75) is 116 Å². The fraction of sp³-hybridized carbons (Fsp3) is 0.528. The molecular weight excluding hydrogens is 540 g/mol. The number of ether oxygens (including phenoxy) is 1. The van der Waals surface area contributed by atoms with Crippen molar-refractivity contribution in [3.8, 4) is 17.0 Å². The van der Waals surface area contributed by atoms with Crippen LogP contribution in [0.2, 0.25) is 0 Å². The minimum Gasteiger partial charge on any atom is -0.493 e. The number of hydrogen-bond donors (Lipinski definition) is 1. The van der Waals surface area contributed by atoms with Crippen LogP contribution in [-0.4, -0.2) is 23.3 Å². The Labute approximate surface area is 257 Å². The Morgan fingerprint density at radius 3 is 1.88 bits per heavy atom. The van der Waals surface area contributed by atoms with Gasteiger partial charge in [-0.25, -0.2) is 4.98 Å². The fourth-order valence-electron chi connectivity index (χ4n) is 5.13. The molecule has 0 aliphatic rings. The maximum absolute atomic E-state index is 12.9. The van der Waals surface area contributed by atoms with Crippen LogP contribution in [0.5, 0.6) is 5.75 Å². The van der Waals surface area contributed by atoms with Gasteiger partial charge in [-0.1, -0.05) is 146 Å². The average Bonchev–Trinajstić information content (AvgIpc) is 3.47. The summed E-state index contributed by atoms with van der Waals surface area (Å²) in [4.78, 5) is 30.0. The Morgan fingerprint density at radius 2 is 1.26 bits per heavy atom. The maximum Gasteiger partial charge on any atom is 0.233 e. The highest BCUT2D eigenvalue weighted by molar-refractivity contribution is 7.14. The Balaban J connectivity index is 1.24. The van der Waals surface area contributed by atoms with Crippen LogP contribution in [0.1, 0.15) is 126 Å². The van der Waals surface area contributed by atoms with E-state index < -0.39 is 0 Å². The first-order valence-electron chi connectivity index (χ1n) is 16.2. The van der Waals surface area contributed by atoms with E-state index in [0.29, 0.717) is 23.1 Å². The first kappa shape index (κ1) is 33.5. The lowest BCUT2D eigenvalue weighted by Gasteiger charge is -2.11. The quantitative estimate of drug-likeness (QED) is 0.0677. The van der Waals surface area contributed by atoms with Crippen molar-refractivity contribution in [2.24, 2.45) is 0 Å². The summed E-state index contributed by atoms with van der Waals surface area (Å²) in [5.74, 6) is -0.0756. The zero-order valence-electron chi connectivity index (χ0n) is 25.6. The number of nitrogens with zero attached hydrogens (tertiary/aromatic N) is 1. The molecule has 0 radical (unpaired) electrons. The Bertz CT molecular complexity index is 1160. The molecule has 0 unspecified atom stereocenters. The second kappa shape index (κ2) is 20.8. The number of nitrogens with one attached hydrogen (secondary N) is 1. The molecule has 1 heterocycles. The Hall–Kier alpha value is -2.99. The number of amides is 1. The van der Waals surface area contributed by atoms with E-state index in [1.807, 2.05) is 47.8 Å². The van der Waals surface area contributed by atoms with Crippen molar-refractivity contribution < 1.29 is 14.3 Å². The molecule has 0 spiro atoms. The molecule has 2 aromatic carbocycles. The molecule has 0 atom stereocenters. The van der Waals surface area contributed by atoms with Gasteiger partial charge in [-0.2, -0.15) is 0 Å². The molecule has 1 aromatic heterocycles. The number of rotatable bonds is 23. The molecule has 5 nitrogen and oxygen atoms in total. The highest BCUT2D eigenvalue weighted by Gasteiger charge is 2.17. The first-order chi connectivity index (χ1) is 20.7. The van der Waals surface area contributed by atoms with Crippen molar-refractivity contribution >= 4 is 28.2 Å². The fourth-order valence-corrected chi connectivity index (χ4v) is 5.87. The van der Waals surface area contributed by atoms with Crippen LogP contribution in [0.3, 0.4) is 0 Å². The summed E-state index contributed by atoms with van der Waals surface area (Å²) in [6.45, 7) is 2.86. The normalized spacial score (nSPS) is 11.0. The smallest absolute Gasteiger partial charge is 0.233 e. The van der Waals surface area contributed by atoms with E-state index in [1.165, 1.54) is 101 Å². The minimum atomic E-state index is -0.374. The lowest BCUT2D eigenvalue weighted by molar-refractivity contribution is -0.115. The molecule has 1 N–H and O–H groups in total. The predicted octanol–water partition coefficient (Wildman–Crippen LogP) is 10.7. The molecule has 42 heavy (non-hydrogen) atoms. The van der Waals surface area contributed by atoms with Crippen molar-refractivity contribution in [1.82, 2.24) is 4.98 Å². The topological polar surface area (TPSA) is 68.3 Å². The monoisotopic (exact) mass is 590 g/mol. The molecule has 0 fully saturated rings. The summed E-state index contributed by atoms with van der Waals surface area (Å²) in [6.07, 6.45) is 21.0. The molecule has 3 rings (SSSR count). The largest absolute Gasteiger partial charge is 0.493 e. The van der Waals surface area contributed by atoms with Crippen molar-refractivity contribution in [2.75, 3.05) is 11.9 Å². The number of hydrogen-bond acceptors (Lipinski definition) is 5. The van der Waals surface area contributed by atoms with Gasteiger partial charge in [0.25, 0.3) is 0 Å². The van der Waals surface area contributed by atoms with Crippen molar-refractivity contribution in [1.29, 1.82) is 0 Å². The zero-order chi connectivity index (χ0) is 29.7. The second-order valence-corrected chi connectivity index (χ2v) is 12.1. The van der Waals surface area contributed by atoms with Crippen molar-refractivity contribution in [3.05, 3.63) is 65.5 Å². The minimum absolute atomic E-state index is 0.250. The first-order valence-corrected chi connectivity index (χ1v) is 17.1. The molecule has 3 aromatic rings. The standard InChI is InChI=1S/C36H50N2O3S/c1-2-3-4-5-6-7-8-9-10-11-12-13-14-15-16-22-27-41-34-26-21-20-25-31(34)33(39)28-35(40)38-36-37-32(29-42-36)30-23-18-17-19-24-30/h17-21,23-26,29H,2-16,22,27-28H2,1H3,(H,37,38,40). The number of carbonyl (C=O) groups is 2. The van der Waals surface area contributed by atoms with Gasteiger partial charge in [0.15, 0.2) is 10.9 Å². The number of benzene rings is 2. The Morgan fingerprint density at radius 1 is 0.714 bits per heavy atom. The third-order valence-corrected chi connectivity index (χ3v) is 8.34. The van der Waals surface area contributed by atoms with Gasteiger partial charge in [0.1, 0.15) is 5.75 Å². The van der Waals surface area contributed by atoms with Gasteiger partial charge in [-0.05, 0) is 18.6 Å². The number of aromatic nitrogens is 1. The van der Waals surface area contributed by atoms with Crippen LogP contribution < -0.4 is 10.1 Å². The van der Waals surface area contributed by atoms with Crippen molar-refractivity contribution in [3.63, 3.8) is 0 Å². The second-order valence-electron chi connectivity index (χ2n) is 11.2. The van der Waals surface area contributed by atoms with Crippen LogP contribution >= 0.6 is 11.3 Å². The summed E-state index contributed by atoms with van der Waals surface area (Å²) >= 11 is 1.35. The summed E-state index contributed by atoms with van der Waals surface area (Å²) in [7, 11) is 0. The molecule has 0 aliphatic heterocycles. The zero-order valence-corrected chi connectivity index (χ0v) is 26.4. The summed E-state index contributed by atoms with van der Waals surface area (Å²) in [5, 5.41) is 5.15. The van der Waals surface area contributed by atoms with E-state index in [9.17, 15) is 9.59 Å². The molecule has 0 bridgehead atoms. The highest BCUT2D eigenvalue weighted by atomic mass is 32.1. The van der Waals surface area contributed by atoms with Crippen LogP contribution in [0.4, 0.5) is 5.13 Å². The third kappa shape index (κ3) is 13.3. The number of Topliss-reactive ketones (excluding diaryl/α,β-unsaturated/α-hetero) is 1. The molecule has 6 heteroatoms. The van der Waals surface area contributed by atoms with Gasteiger partial charge < -0.3 is 10.1 Å². The van der Waals surface area contributed by atoms with Gasteiger partial charge in [-0.3, -0.25) is 9.59 Å². The summed E-state index contributed by atoms with van der Waals surface area (Å²) < 4.78 is 5.97. The lowest BCUT2D eigenvalue weighted by Crippen LogP contribution is -2.17. The van der Waals surface area contributed by atoms with Gasteiger partial charge in [-0.15, -0.1) is 11.3 Å². The number of carbonyl (C=O) groups excluding carboxylic acids is 2. The molecule has 1 amide bonds. The number of para-hydroxylation sites is 1. The Kier molecular flexibility index (Phi) is 16.6. The SMILES string of the molecule is CCCCCCCCCCCCCCCCCCOc1ccccc1C(=O)CC(=O)Nc1nc(-c2ccccc2)cs1. The average molecular weight is 591 g/mol. The van der Waals surface area contributed by atoms with E-state index >= 15 is 0 Å². The lowest BCUT2D eigenvalue weighted by atomic mass is 10.0. The number of ketones is 1.